The molecule has 1 aliphatic carbocycles. The van der Waals surface area contributed by atoms with Crippen LogP contribution in [0.15, 0.2) is 6.07 Å². The van der Waals surface area contributed by atoms with Crippen molar-refractivity contribution in [3.8, 4) is 5.88 Å². The van der Waals surface area contributed by atoms with Gasteiger partial charge in [0, 0.05) is 31.6 Å². The van der Waals surface area contributed by atoms with E-state index in [0.29, 0.717) is 24.3 Å². The molecular weight excluding hydrogens is 230 g/mol. The highest BCUT2D eigenvalue weighted by Crippen LogP contribution is 2.39. The fourth-order valence-electron chi connectivity index (χ4n) is 2.09. The molecule has 1 N–H and O–H groups in total. The number of hydrogen-bond acceptors (Lipinski definition) is 5. The van der Waals surface area contributed by atoms with Crippen molar-refractivity contribution >= 4 is 5.82 Å². The van der Waals surface area contributed by atoms with Crippen LogP contribution in [-0.4, -0.2) is 36.8 Å². The molecule has 5 heteroatoms. The summed E-state index contributed by atoms with van der Waals surface area (Å²) in [5, 5.41) is 3.06. The Morgan fingerprint density at radius 2 is 2.28 bits per heavy atom. The second-order valence-electron chi connectivity index (χ2n) is 5.01. The molecule has 0 aromatic carbocycles. The standard InChI is InChI=1S/C13H19N3O2/c1-14-11-6-12(16-13(15-11)10-2-3-10)18-8-9-4-5-17-7-9/h6,9-10H,2-5,7-8H2,1H3,(H,14,15,16). The van der Waals surface area contributed by atoms with Gasteiger partial charge in [-0.1, -0.05) is 0 Å². The van der Waals surface area contributed by atoms with Gasteiger partial charge in [-0.2, -0.15) is 4.98 Å². The molecule has 2 fully saturated rings. The molecule has 1 aliphatic heterocycles. The minimum Gasteiger partial charge on any atom is -0.477 e. The summed E-state index contributed by atoms with van der Waals surface area (Å²) in [7, 11) is 1.87. The van der Waals surface area contributed by atoms with E-state index in [0.717, 1.165) is 31.3 Å². The van der Waals surface area contributed by atoms with E-state index in [2.05, 4.69) is 15.3 Å². The zero-order valence-corrected chi connectivity index (χ0v) is 10.7. The molecule has 1 aromatic heterocycles. The fraction of sp³-hybridized carbons (Fsp3) is 0.692. The minimum atomic E-state index is 0.502. The van der Waals surface area contributed by atoms with Gasteiger partial charge in [0.05, 0.1) is 13.2 Å². The van der Waals surface area contributed by atoms with Crippen LogP contribution in [0.25, 0.3) is 0 Å². The molecular formula is C13H19N3O2. The Labute approximate surface area is 107 Å². The smallest absolute Gasteiger partial charge is 0.218 e. The molecule has 5 nitrogen and oxygen atoms in total. The summed E-state index contributed by atoms with van der Waals surface area (Å²) >= 11 is 0. The van der Waals surface area contributed by atoms with E-state index in [4.69, 9.17) is 9.47 Å². The van der Waals surface area contributed by atoms with Gasteiger partial charge in [-0.25, -0.2) is 4.98 Å². The summed E-state index contributed by atoms with van der Waals surface area (Å²) in [6.45, 7) is 2.34. The normalized spacial score (nSPS) is 23.1. The van der Waals surface area contributed by atoms with Gasteiger partial charge in [-0.15, -0.1) is 0 Å². The Morgan fingerprint density at radius 1 is 1.39 bits per heavy atom. The van der Waals surface area contributed by atoms with Crippen molar-refractivity contribution in [3.63, 3.8) is 0 Å². The summed E-state index contributed by atoms with van der Waals surface area (Å²) in [5.41, 5.74) is 0. The molecule has 0 spiro atoms. The first-order valence-electron chi connectivity index (χ1n) is 6.62. The van der Waals surface area contributed by atoms with E-state index < -0.39 is 0 Å². The Hall–Kier alpha value is -1.36. The van der Waals surface area contributed by atoms with Crippen molar-refractivity contribution in [2.75, 3.05) is 32.2 Å². The van der Waals surface area contributed by atoms with Crippen LogP contribution in [0.3, 0.4) is 0 Å². The van der Waals surface area contributed by atoms with Crippen molar-refractivity contribution < 1.29 is 9.47 Å². The highest BCUT2D eigenvalue weighted by Gasteiger charge is 2.27. The molecule has 1 saturated carbocycles. The number of rotatable bonds is 5. The monoisotopic (exact) mass is 249 g/mol. The predicted octanol–water partition coefficient (Wildman–Crippen LogP) is 1.81. The zero-order chi connectivity index (χ0) is 12.4. The van der Waals surface area contributed by atoms with E-state index in [1.807, 2.05) is 13.1 Å². The van der Waals surface area contributed by atoms with Crippen molar-refractivity contribution in [3.05, 3.63) is 11.9 Å². The van der Waals surface area contributed by atoms with Crippen LogP contribution in [0.1, 0.15) is 31.0 Å². The van der Waals surface area contributed by atoms with Crippen LogP contribution in [0, 0.1) is 5.92 Å². The molecule has 2 aliphatic rings. The number of anilines is 1. The van der Waals surface area contributed by atoms with Gasteiger partial charge < -0.3 is 14.8 Å². The summed E-state index contributed by atoms with van der Waals surface area (Å²) in [5.74, 6) is 3.48. The van der Waals surface area contributed by atoms with Crippen molar-refractivity contribution in [1.29, 1.82) is 0 Å². The van der Waals surface area contributed by atoms with E-state index in [-0.39, 0.29) is 0 Å². The van der Waals surface area contributed by atoms with E-state index in [1.165, 1.54) is 12.8 Å². The maximum atomic E-state index is 5.78. The van der Waals surface area contributed by atoms with Crippen LogP contribution < -0.4 is 10.1 Å². The Morgan fingerprint density at radius 3 is 2.94 bits per heavy atom. The first kappa shape index (κ1) is 11.7. The average Bonchev–Trinajstić information content (AvgIpc) is 3.13. The van der Waals surface area contributed by atoms with Gasteiger partial charge in [-0.3, -0.25) is 0 Å². The quantitative estimate of drug-likeness (QED) is 0.862. The van der Waals surface area contributed by atoms with Gasteiger partial charge in [-0.05, 0) is 19.3 Å². The lowest BCUT2D eigenvalue weighted by Crippen LogP contribution is -2.13. The molecule has 0 radical (unpaired) electrons. The van der Waals surface area contributed by atoms with Crippen LogP contribution in [0.2, 0.25) is 0 Å². The first-order chi connectivity index (χ1) is 8.85. The van der Waals surface area contributed by atoms with Crippen LogP contribution >= 0.6 is 0 Å². The number of nitrogens with one attached hydrogen (secondary N) is 1. The summed E-state index contributed by atoms with van der Waals surface area (Å²) < 4.78 is 11.1. The molecule has 1 aromatic rings. The highest BCUT2D eigenvalue weighted by molar-refractivity contribution is 5.38. The number of ether oxygens (including phenoxy) is 2. The lowest BCUT2D eigenvalue weighted by molar-refractivity contribution is 0.165. The Kier molecular flexibility index (Phi) is 3.32. The zero-order valence-electron chi connectivity index (χ0n) is 10.7. The van der Waals surface area contributed by atoms with Crippen LogP contribution in [0.4, 0.5) is 5.82 Å². The van der Waals surface area contributed by atoms with Crippen molar-refractivity contribution in [2.24, 2.45) is 5.92 Å². The van der Waals surface area contributed by atoms with Gasteiger partial charge in [0.1, 0.15) is 11.6 Å². The van der Waals surface area contributed by atoms with Gasteiger partial charge in [0.15, 0.2) is 0 Å². The predicted molar refractivity (Wildman–Crippen MR) is 68.0 cm³/mol. The second-order valence-corrected chi connectivity index (χ2v) is 5.01. The maximum absolute atomic E-state index is 5.78. The molecule has 0 amide bonds. The van der Waals surface area contributed by atoms with Crippen LogP contribution in [0.5, 0.6) is 5.88 Å². The molecule has 3 rings (SSSR count). The van der Waals surface area contributed by atoms with E-state index in [9.17, 15) is 0 Å². The number of aromatic nitrogens is 2. The molecule has 1 saturated heterocycles. The highest BCUT2D eigenvalue weighted by atomic mass is 16.5. The summed E-state index contributed by atoms with van der Waals surface area (Å²) in [4.78, 5) is 8.96. The third-order valence-electron chi connectivity index (χ3n) is 3.41. The SMILES string of the molecule is CNc1cc(OCC2CCOC2)nc(C2CC2)n1. The lowest BCUT2D eigenvalue weighted by Gasteiger charge is -2.11. The first-order valence-corrected chi connectivity index (χ1v) is 6.62. The third-order valence-corrected chi connectivity index (χ3v) is 3.41. The fourth-order valence-corrected chi connectivity index (χ4v) is 2.09. The molecule has 0 bridgehead atoms. The number of nitrogens with zero attached hydrogens (tertiary/aromatic N) is 2. The Bertz CT molecular complexity index is 415. The van der Waals surface area contributed by atoms with Crippen molar-refractivity contribution in [1.82, 2.24) is 9.97 Å². The molecule has 1 unspecified atom stereocenters. The lowest BCUT2D eigenvalue weighted by atomic mass is 10.1. The molecule has 2 heterocycles. The summed E-state index contributed by atoms with van der Waals surface area (Å²) in [6, 6.07) is 1.86. The molecule has 18 heavy (non-hydrogen) atoms. The largest absolute Gasteiger partial charge is 0.477 e. The topological polar surface area (TPSA) is 56.3 Å². The van der Waals surface area contributed by atoms with Crippen molar-refractivity contribution in [2.45, 2.75) is 25.2 Å². The molecule has 1 atom stereocenters. The second kappa shape index (κ2) is 5.10. The third kappa shape index (κ3) is 2.72. The van der Waals surface area contributed by atoms with E-state index >= 15 is 0 Å². The van der Waals surface area contributed by atoms with Gasteiger partial charge in [0.2, 0.25) is 5.88 Å². The molecule has 98 valence electrons. The van der Waals surface area contributed by atoms with E-state index in [1.54, 1.807) is 0 Å². The Balaban J connectivity index is 1.67. The maximum Gasteiger partial charge on any atom is 0.218 e. The minimum absolute atomic E-state index is 0.502. The summed E-state index contributed by atoms with van der Waals surface area (Å²) in [6.07, 6.45) is 3.48. The number of hydrogen-bond donors (Lipinski definition) is 1. The van der Waals surface area contributed by atoms with Gasteiger partial charge >= 0.3 is 0 Å². The van der Waals surface area contributed by atoms with Gasteiger partial charge in [0.25, 0.3) is 0 Å². The van der Waals surface area contributed by atoms with Crippen LogP contribution in [-0.2, 0) is 4.74 Å². The average molecular weight is 249 g/mol.